The number of halogens is 2. The summed E-state index contributed by atoms with van der Waals surface area (Å²) in [5.41, 5.74) is 7.49. The molecule has 172 valence electrons. The molecular weight excluding hydrogens is 441 g/mol. The molecule has 2 N–H and O–H groups in total. The van der Waals surface area contributed by atoms with Crippen LogP contribution in [0.5, 0.6) is 0 Å². The van der Waals surface area contributed by atoms with Crippen LogP contribution in [0, 0.1) is 5.82 Å². The van der Waals surface area contributed by atoms with E-state index < -0.39 is 5.82 Å². The van der Waals surface area contributed by atoms with E-state index in [1.807, 2.05) is 18.2 Å². The number of benzene rings is 1. The third-order valence-electron chi connectivity index (χ3n) is 6.34. The van der Waals surface area contributed by atoms with E-state index in [-0.39, 0.29) is 11.7 Å². The molecule has 0 radical (unpaired) electrons. The molecule has 1 aromatic carbocycles. The maximum atomic E-state index is 13.8. The molecule has 0 unspecified atom stereocenters. The molecule has 1 atom stereocenters. The number of piperazine rings is 1. The van der Waals surface area contributed by atoms with Gasteiger partial charge in [0.25, 0.3) is 0 Å². The number of pyridine rings is 1. The van der Waals surface area contributed by atoms with E-state index in [0.717, 1.165) is 68.5 Å². The molecule has 3 aromatic rings. The average Bonchev–Trinajstić information content (AvgIpc) is 3.36. The molecule has 0 bridgehead atoms. The lowest BCUT2D eigenvalue weighted by Crippen LogP contribution is -2.52. The highest BCUT2D eigenvalue weighted by atomic mass is 35.5. The topological polar surface area (TPSA) is 74.4 Å². The van der Waals surface area contributed by atoms with Gasteiger partial charge in [0.2, 0.25) is 5.95 Å². The summed E-state index contributed by atoms with van der Waals surface area (Å²) < 4.78 is 13.8. The van der Waals surface area contributed by atoms with Crippen molar-refractivity contribution in [2.45, 2.75) is 25.8 Å². The highest BCUT2D eigenvalue weighted by Crippen LogP contribution is 2.31. The van der Waals surface area contributed by atoms with E-state index in [4.69, 9.17) is 27.3 Å². The van der Waals surface area contributed by atoms with Gasteiger partial charge in [0.1, 0.15) is 17.5 Å². The molecule has 2 aliphatic rings. The fraction of sp³-hybridized carbons (Fsp3) is 0.375. The van der Waals surface area contributed by atoms with Gasteiger partial charge in [-0.2, -0.15) is 4.98 Å². The maximum absolute atomic E-state index is 13.8. The van der Waals surface area contributed by atoms with Crippen molar-refractivity contribution in [1.82, 2.24) is 15.0 Å². The number of hydrogen-bond donors (Lipinski definition) is 1. The van der Waals surface area contributed by atoms with Crippen molar-refractivity contribution in [3.05, 3.63) is 53.4 Å². The first-order chi connectivity index (χ1) is 16.0. The Morgan fingerprint density at radius 3 is 2.58 bits per heavy atom. The first-order valence-corrected chi connectivity index (χ1v) is 11.7. The molecular formula is C24H27ClFN7. The van der Waals surface area contributed by atoms with Crippen LogP contribution in [0.15, 0.2) is 42.6 Å². The van der Waals surface area contributed by atoms with Crippen LogP contribution in [0.25, 0.3) is 11.3 Å². The number of rotatable bonds is 4. The molecule has 9 heteroatoms. The van der Waals surface area contributed by atoms with Crippen molar-refractivity contribution < 1.29 is 4.39 Å². The largest absolute Gasteiger partial charge is 0.396 e. The fourth-order valence-electron chi connectivity index (χ4n) is 4.58. The Morgan fingerprint density at radius 1 is 1.03 bits per heavy atom. The van der Waals surface area contributed by atoms with Gasteiger partial charge in [-0.25, -0.2) is 14.4 Å². The van der Waals surface area contributed by atoms with Crippen molar-refractivity contribution >= 4 is 34.9 Å². The van der Waals surface area contributed by atoms with Gasteiger partial charge >= 0.3 is 0 Å². The normalized spacial score (nSPS) is 18.8. The van der Waals surface area contributed by atoms with E-state index in [2.05, 4.69) is 26.6 Å². The molecule has 2 saturated heterocycles. The molecule has 2 fully saturated rings. The van der Waals surface area contributed by atoms with Crippen molar-refractivity contribution in [3.63, 3.8) is 0 Å². The second-order valence-electron chi connectivity index (χ2n) is 8.64. The zero-order chi connectivity index (χ0) is 22.9. The first kappa shape index (κ1) is 21.7. The smallest absolute Gasteiger partial charge is 0.227 e. The second-order valence-corrected chi connectivity index (χ2v) is 9.05. The van der Waals surface area contributed by atoms with Gasteiger partial charge in [-0.1, -0.05) is 11.6 Å². The lowest BCUT2D eigenvalue weighted by atomic mass is 10.1. The Kier molecular flexibility index (Phi) is 5.93. The minimum absolute atomic E-state index is 0.115. The zero-order valence-electron chi connectivity index (χ0n) is 18.6. The van der Waals surface area contributed by atoms with Gasteiger partial charge in [-0.3, -0.25) is 0 Å². The summed E-state index contributed by atoms with van der Waals surface area (Å²) in [5.74, 6) is 1.97. The minimum Gasteiger partial charge on any atom is -0.396 e. The molecule has 4 heterocycles. The SMILES string of the molecule is C[C@@H]1CN(c2ncccc2Cl)CCN1c1cc(-c2ccc(F)c(N)c2)nc(N2CCCC2)n1. The van der Waals surface area contributed by atoms with E-state index in [0.29, 0.717) is 11.0 Å². The number of nitrogens with zero attached hydrogens (tertiary/aromatic N) is 6. The van der Waals surface area contributed by atoms with Crippen LogP contribution in [0.1, 0.15) is 19.8 Å². The van der Waals surface area contributed by atoms with E-state index >= 15 is 0 Å². The maximum Gasteiger partial charge on any atom is 0.227 e. The summed E-state index contributed by atoms with van der Waals surface area (Å²) in [7, 11) is 0. The number of hydrogen-bond acceptors (Lipinski definition) is 7. The molecule has 0 saturated carbocycles. The molecule has 2 aliphatic heterocycles. The van der Waals surface area contributed by atoms with Crippen LogP contribution in [0.4, 0.5) is 27.7 Å². The molecule has 2 aromatic heterocycles. The predicted molar refractivity (Wildman–Crippen MR) is 132 cm³/mol. The van der Waals surface area contributed by atoms with E-state index in [1.165, 1.54) is 6.07 Å². The molecule has 33 heavy (non-hydrogen) atoms. The van der Waals surface area contributed by atoms with Gasteiger partial charge in [-0.05, 0) is 50.1 Å². The molecule has 0 spiro atoms. The predicted octanol–water partition coefficient (Wildman–Crippen LogP) is 4.23. The Morgan fingerprint density at radius 2 is 1.85 bits per heavy atom. The Labute approximate surface area is 198 Å². The van der Waals surface area contributed by atoms with Crippen molar-refractivity contribution in [2.75, 3.05) is 53.2 Å². The summed E-state index contributed by atoms with van der Waals surface area (Å²) in [6, 6.07) is 10.6. The highest BCUT2D eigenvalue weighted by Gasteiger charge is 2.28. The molecule has 0 aliphatic carbocycles. The minimum atomic E-state index is -0.425. The summed E-state index contributed by atoms with van der Waals surface area (Å²) in [6.07, 6.45) is 4.03. The van der Waals surface area contributed by atoms with Crippen LogP contribution < -0.4 is 20.4 Å². The average molecular weight is 468 g/mol. The Balaban J connectivity index is 1.47. The van der Waals surface area contributed by atoms with Crippen molar-refractivity contribution in [3.8, 4) is 11.3 Å². The van der Waals surface area contributed by atoms with Gasteiger partial charge in [-0.15, -0.1) is 0 Å². The Hall–Kier alpha value is -3.13. The molecule has 0 amide bonds. The van der Waals surface area contributed by atoms with Crippen LogP contribution >= 0.6 is 11.6 Å². The summed E-state index contributed by atoms with van der Waals surface area (Å²) in [4.78, 5) is 21.0. The lowest BCUT2D eigenvalue weighted by molar-refractivity contribution is 0.542. The second kappa shape index (κ2) is 9.02. The van der Waals surface area contributed by atoms with Gasteiger partial charge < -0.3 is 20.4 Å². The monoisotopic (exact) mass is 467 g/mol. The lowest BCUT2D eigenvalue weighted by Gasteiger charge is -2.41. The van der Waals surface area contributed by atoms with Crippen molar-refractivity contribution in [2.24, 2.45) is 0 Å². The van der Waals surface area contributed by atoms with Crippen LogP contribution in [0.2, 0.25) is 5.02 Å². The quantitative estimate of drug-likeness (QED) is 0.575. The van der Waals surface area contributed by atoms with Crippen molar-refractivity contribution in [1.29, 1.82) is 0 Å². The number of nitrogen functional groups attached to an aromatic ring is 1. The van der Waals surface area contributed by atoms with Crippen LogP contribution in [0.3, 0.4) is 0 Å². The third-order valence-corrected chi connectivity index (χ3v) is 6.64. The summed E-state index contributed by atoms with van der Waals surface area (Å²) in [5, 5.41) is 0.660. The summed E-state index contributed by atoms with van der Waals surface area (Å²) >= 11 is 6.38. The zero-order valence-corrected chi connectivity index (χ0v) is 19.3. The van der Waals surface area contributed by atoms with Crippen LogP contribution in [-0.4, -0.2) is 53.7 Å². The Bertz CT molecular complexity index is 1150. The first-order valence-electron chi connectivity index (χ1n) is 11.3. The molecule has 7 nitrogen and oxygen atoms in total. The highest BCUT2D eigenvalue weighted by molar-refractivity contribution is 6.32. The van der Waals surface area contributed by atoms with Crippen LogP contribution in [-0.2, 0) is 0 Å². The molecule has 5 rings (SSSR count). The summed E-state index contributed by atoms with van der Waals surface area (Å²) in [6.45, 7) is 6.39. The van der Waals surface area contributed by atoms with Gasteiger partial charge in [0, 0.05) is 56.6 Å². The van der Waals surface area contributed by atoms with E-state index in [9.17, 15) is 4.39 Å². The number of aromatic nitrogens is 3. The third kappa shape index (κ3) is 4.39. The van der Waals surface area contributed by atoms with E-state index in [1.54, 1.807) is 18.3 Å². The fourth-order valence-corrected chi connectivity index (χ4v) is 4.82. The van der Waals surface area contributed by atoms with Gasteiger partial charge in [0.15, 0.2) is 0 Å². The number of anilines is 4. The van der Waals surface area contributed by atoms with Gasteiger partial charge in [0.05, 0.1) is 16.4 Å². The standard InChI is InChI=1S/C24H27ClFN7/c1-16-15-32(23-18(25)5-4-8-28-23)11-12-33(16)22-14-21(17-6-7-19(26)20(27)13-17)29-24(30-22)31-9-2-3-10-31/h4-8,13-14,16H,2-3,9-12,15,27H2,1H3/t16-/m1/s1. The number of nitrogens with two attached hydrogens (primary N) is 1.